The van der Waals surface area contributed by atoms with E-state index in [9.17, 15) is 9.59 Å². The number of anilines is 1. The molecule has 2 saturated heterocycles. The van der Waals surface area contributed by atoms with E-state index in [2.05, 4.69) is 4.90 Å². The van der Waals surface area contributed by atoms with E-state index in [1.54, 1.807) is 4.90 Å². The van der Waals surface area contributed by atoms with Crippen LogP contribution in [0.2, 0.25) is 0 Å². The van der Waals surface area contributed by atoms with Crippen LogP contribution in [-0.4, -0.2) is 60.6 Å². The predicted molar refractivity (Wildman–Crippen MR) is 98.0 cm³/mol. The number of para-hydroxylation sites is 1. The second-order valence-corrected chi connectivity index (χ2v) is 6.76. The summed E-state index contributed by atoms with van der Waals surface area (Å²) in [6, 6.07) is 9.71. The fraction of sp³-hybridized carbons (Fsp3) is 0.421. The summed E-state index contributed by atoms with van der Waals surface area (Å²) in [5.41, 5.74) is 6.81. The number of carbonyl (C=O) groups is 2. The Hall–Kier alpha value is -2.67. The van der Waals surface area contributed by atoms with E-state index in [1.165, 1.54) is 0 Å². The van der Waals surface area contributed by atoms with Gasteiger partial charge in [-0.1, -0.05) is 18.2 Å². The van der Waals surface area contributed by atoms with Crippen LogP contribution in [0.4, 0.5) is 5.82 Å². The molecule has 3 heterocycles. The monoisotopic (exact) mass is 354 g/mol. The van der Waals surface area contributed by atoms with E-state index >= 15 is 0 Å². The Morgan fingerprint density at radius 3 is 2.69 bits per heavy atom. The first-order chi connectivity index (χ1) is 12.6. The highest BCUT2D eigenvalue weighted by Gasteiger charge is 2.31. The van der Waals surface area contributed by atoms with E-state index in [0.29, 0.717) is 18.7 Å². The number of pyridine rings is 1. The van der Waals surface area contributed by atoms with Gasteiger partial charge in [0, 0.05) is 25.0 Å². The minimum atomic E-state index is -0.753. The molecule has 7 nitrogen and oxygen atoms in total. The molecule has 7 heteroatoms. The van der Waals surface area contributed by atoms with Gasteiger partial charge in [0.2, 0.25) is 5.91 Å². The number of hydrogen-bond acceptors (Lipinski definition) is 5. The normalized spacial score (nSPS) is 20.5. The van der Waals surface area contributed by atoms with Crippen LogP contribution in [0.3, 0.4) is 0 Å². The van der Waals surface area contributed by atoms with Gasteiger partial charge in [0.05, 0.1) is 24.2 Å². The maximum absolute atomic E-state index is 13.2. The molecule has 0 saturated carbocycles. The highest BCUT2D eigenvalue weighted by atomic mass is 16.5. The van der Waals surface area contributed by atoms with E-state index < -0.39 is 12.0 Å². The van der Waals surface area contributed by atoms with Crippen molar-refractivity contribution in [2.45, 2.75) is 18.9 Å². The number of primary amides is 1. The summed E-state index contributed by atoms with van der Waals surface area (Å²) in [5, 5.41) is 0.929. The molecule has 2 N–H and O–H groups in total. The molecule has 2 aromatic rings. The van der Waals surface area contributed by atoms with Crippen LogP contribution in [-0.2, 0) is 9.53 Å². The summed E-state index contributed by atoms with van der Waals surface area (Å²) < 4.78 is 5.36. The lowest BCUT2D eigenvalue weighted by atomic mass is 10.1. The zero-order valence-electron chi connectivity index (χ0n) is 14.6. The standard InChI is InChI=1S/C19H22N4O3/c20-17(24)16-12-23(9-10-26-16)19(25)14-11-13-5-1-2-6-15(13)21-18(14)22-7-3-4-8-22/h1-2,5-6,11,16H,3-4,7-10,12H2,(H2,20,24). The summed E-state index contributed by atoms with van der Waals surface area (Å²) in [4.78, 5) is 33.3. The van der Waals surface area contributed by atoms with Gasteiger partial charge in [-0.05, 0) is 25.0 Å². The fourth-order valence-electron chi connectivity index (χ4n) is 3.61. The van der Waals surface area contributed by atoms with Gasteiger partial charge >= 0.3 is 0 Å². The number of fused-ring (bicyclic) bond motifs is 1. The molecular weight excluding hydrogens is 332 g/mol. The minimum Gasteiger partial charge on any atom is -0.367 e. The molecule has 0 bridgehead atoms. The Bertz CT molecular complexity index is 848. The smallest absolute Gasteiger partial charge is 0.257 e. The molecule has 26 heavy (non-hydrogen) atoms. The number of morpholine rings is 1. The molecule has 136 valence electrons. The van der Waals surface area contributed by atoms with Crippen LogP contribution in [0.5, 0.6) is 0 Å². The highest BCUT2D eigenvalue weighted by Crippen LogP contribution is 2.28. The average Bonchev–Trinajstić information content (AvgIpc) is 3.21. The van der Waals surface area contributed by atoms with E-state index in [-0.39, 0.29) is 12.5 Å². The molecule has 1 unspecified atom stereocenters. The van der Waals surface area contributed by atoms with Crippen molar-refractivity contribution in [1.29, 1.82) is 0 Å². The van der Waals surface area contributed by atoms with Gasteiger partial charge < -0.3 is 20.3 Å². The third-order valence-electron chi connectivity index (χ3n) is 5.01. The first-order valence-corrected chi connectivity index (χ1v) is 8.98. The molecule has 0 radical (unpaired) electrons. The van der Waals surface area contributed by atoms with Crippen molar-refractivity contribution in [2.24, 2.45) is 5.73 Å². The Labute approximate surface area is 151 Å². The van der Waals surface area contributed by atoms with Gasteiger partial charge in [0.15, 0.2) is 6.10 Å². The molecule has 2 amide bonds. The van der Waals surface area contributed by atoms with Crippen molar-refractivity contribution >= 4 is 28.5 Å². The summed E-state index contributed by atoms with van der Waals surface area (Å²) in [6.07, 6.45) is 1.45. The van der Waals surface area contributed by atoms with Crippen LogP contribution in [0, 0.1) is 0 Å². The van der Waals surface area contributed by atoms with Crippen LogP contribution in [0.15, 0.2) is 30.3 Å². The first kappa shape index (κ1) is 16.8. The van der Waals surface area contributed by atoms with Gasteiger partial charge in [-0.25, -0.2) is 4.98 Å². The maximum atomic E-state index is 13.2. The van der Waals surface area contributed by atoms with Gasteiger partial charge in [-0.15, -0.1) is 0 Å². The van der Waals surface area contributed by atoms with Gasteiger partial charge in [0.25, 0.3) is 5.91 Å². The number of ether oxygens (including phenoxy) is 1. The lowest BCUT2D eigenvalue weighted by molar-refractivity contribution is -0.133. The van der Waals surface area contributed by atoms with Crippen molar-refractivity contribution in [3.05, 3.63) is 35.9 Å². The van der Waals surface area contributed by atoms with Gasteiger partial charge in [-0.3, -0.25) is 9.59 Å². The van der Waals surface area contributed by atoms with Crippen molar-refractivity contribution < 1.29 is 14.3 Å². The number of nitrogens with zero attached hydrogens (tertiary/aromatic N) is 3. The van der Waals surface area contributed by atoms with Crippen LogP contribution >= 0.6 is 0 Å². The SMILES string of the molecule is NC(=O)C1CN(C(=O)c2cc3ccccc3nc2N2CCCC2)CCO1. The Morgan fingerprint density at radius 1 is 1.15 bits per heavy atom. The zero-order valence-corrected chi connectivity index (χ0v) is 14.6. The summed E-state index contributed by atoms with van der Waals surface area (Å²) >= 11 is 0. The van der Waals surface area contributed by atoms with Gasteiger partial charge in [-0.2, -0.15) is 0 Å². The first-order valence-electron chi connectivity index (χ1n) is 8.98. The predicted octanol–water partition coefficient (Wildman–Crippen LogP) is 1.16. The number of carbonyl (C=O) groups excluding carboxylic acids is 2. The Morgan fingerprint density at radius 2 is 1.92 bits per heavy atom. The lowest BCUT2D eigenvalue weighted by Gasteiger charge is -2.32. The molecule has 1 atom stereocenters. The topological polar surface area (TPSA) is 88.8 Å². The quantitative estimate of drug-likeness (QED) is 0.894. The number of rotatable bonds is 3. The zero-order chi connectivity index (χ0) is 18.1. The van der Waals surface area contributed by atoms with E-state index in [4.69, 9.17) is 15.5 Å². The molecule has 0 spiro atoms. The average molecular weight is 354 g/mol. The number of aromatic nitrogens is 1. The van der Waals surface area contributed by atoms with Crippen molar-refractivity contribution in [1.82, 2.24) is 9.88 Å². The molecule has 2 aliphatic heterocycles. The highest BCUT2D eigenvalue weighted by molar-refractivity contribution is 6.02. The maximum Gasteiger partial charge on any atom is 0.257 e. The number of amides is 2. The van der Waals surface area contributed by atoms with Crippen LogP contribution in [0.25, 0.3) is 10.9 Å². The van der Waals surface area contributed by atoms with Crippen molar-refractivity contribution in [3.63, 3.8) is 0 Å². The molecule has 1 aromatic carbocycles. The molecule has 4 rings (SSSR count). The lowest BCUT2D eigenvalue weighted by Crippen LogP contribution is -2.50. The minimum absolute atomic E-state index is 0.125. The molecule has 0 aliphatic carbocycles. The summed E-state index contributed by atoms with van der Waals surface area (Å²) in [7, 11) is 0. The molecule has 2 aliphatic rings. The summed E-state index contributed by atoms with van der Waals surface area (Å²) in [6.45, 7) is 2.73. The molecule has 1 aromatic heterocycles. The second-order valence-electron chi connectivity index (χ2n) is 6.76. The second kappa shape index (κ2) is 6.92. The van der Waals surface area contributed by atoms with E-state index in [1.807, 2.05) is 30.3 Å². The number of nitrogens with two attached hydrogens (primary N) is 1. The summed E-state index contributed by atoms with van der Waals surface area (Å²) in [5.74, 6) is 0.0620. The third kappa shape index (κ3) is 3.10. The Kier molecular flexibility index (Phi) is 4.46. The van der Waals surface area contributed by atoms with E-state index in [0.717, 1.165) is 42.7 Å². The number of hydrogen-bond donors (Lipinski definition) is 1. The number of benzene rings is 1. The van der Waals surface area contributed by atoms with Crippen molar-refractivity contribution in [3.8, 4) is 0 Å². The largest absolute Gasteiger partial charge is 0.367 e. The third-order valence-corrected chi connectivity index (χ3v) is 5.01. The van der Waals surface area contributed by atoms with Crippen molar-refractivity contribution in [2.75, 3.05) is 37.7 Å². The fourth-order valence-corrected chi connectivity index (χ4v) is 3.61. The Balaban J connectivity index is 1.72. The molecule has 2 fully saturated rings. The van der Waals surface area contributed by atoms with Crippen LogP contribution in [0.1, 0.15) is 23.2 Å². The van der Waals surface area contributed by atoms with Gasteiger partial charge in [0.1, 0.15) is 5.82 Å². The van der Waals surface area contributed by atoms with Crippen LogP contribution < -0.4 is 10.6 Å². The molecular formula is C19H22N4O3.